The topological polar surface area (TPSA) is 34.1 Å². The van der Waals surface area contributed by atoms with E-state index < -0.39 is 0 Å². The highest BCUT2D eigenvalue weighted by atomic mass is 32.1. The maximum absolute atomic E-state index is 5.14. The van der Waals surface area contributed by atoms with Crippen LogP contribution < -0.4 is 5.32 Å². The van der Waals surface area contributed by atoms with Crippen molar-refractivity contribution in [3.63, 3.8) is 0 Å². The third kappa shape index (κ3) is 2.87. The van der Waals surface area contributed by atoms with E-state index >= 15 is 0 Å². The van der Waals surface area contributed by atoms with Crippen LogP contribution in [0.1, 0.15) is 38.1 Å². The Morgan fingerprint density at radius 3 is 2.82 bits per heavy atom. The summed E-state index contributed by atoms with van der Waals surface area (Å²) in [5.74, 6) is 0. The summed E-state index contributed by atoms with van der Waals surface area (Å²) in [4.78, 5) is 4.53. The minimum atomic E-state index is 0.0796. The molecule has 4 heteroatoms. The van der Waals surface area contributed by atoms with Crippen LogP contribution in [0.15, 0.2) is 11.6 Å². The molecule has 1 aliphatic carbocycles. The number of hydrogen-bond donors (Lipinski definition) is 1. The molecule has 1 aromatic heterocycles. The summed E-state index contributed by atoms with van der Waals surface area (Å²) in [6.45, 7) is 6.35. The van der Waals surface area contributed by atoms with Gasteiger partial charge in [0.25, 0.3) is 0 Å². The Morgan fingerprint density at radius 2 is 2.29 bits per heavy atom. The lowest BCUT2D eigenvalue weighted by atomic mass is 9.88. The van der Waals surface area contributed by atoms with Gasteiger partial charge in [-0.25, -0.2) is 4.98 Å². The molecule has 0 aliphatic heterocycles. The van der Waals surface area contributed by atoms with Crippen LogP contribution in [0.5, 0.6) is 0 Å². The van der Waals surface area contributed by atoms with Crippen molar-refractivity contribution in [3.8, 4) is 0 Å². The molecular formula is C13H22N2OS. The minimum absolute atomic E-state index is 0.0796. The van der Waals surface area contributed by atoms with Gasteiger partial charge < -0.3 is 10.1 Å². The van der Waals surface area contributed by atoms with Gasteiger partial charge in [0.1, 0.15) is 5.01 Å². The van der Waals surface area contributed by atoms with Crippen LogP contribution in [0.25, 0.3) is 0 Å². The summed E-state index contributed by atoms with van der Waals surface area (Å²) in [6.07, 6.45) is 5.51. The number of nitrogens with zero attached hydrogens (tertiary/aromatic N) is 1. The Balaban J connectivity index is 2.13. The molecule has 0 spiro atoms. The highest BCUT2D eigenvalue weighted by Gasteiger charge is 2.45. The zero-order valence-electron chi connectivity index (χ0n) is 11.0. The van der Waals surface area contributed by atoms with Crippen molar-refractivity contribution in [1.29, 1.82) is 0 Å². The number of thiazole rings is 1. The van der Waals surface area contributed by atoms with Crippen LogP contribution in [0.3, 0.4) is 0 Å². The van der Waals surface area contributed by atoms with E-state index in [9.17, 15) is 0 Å². The molecule has 1 unspecified atom stereocenters. The van der Waals surface area contributed by atoms with E-state index in [1.54, 1.807) is 18.4 Å². The number of rotatable bonds is 5. The van der Waals surface area contributed by atoms with Crippen LogP contribution in [0.4, 0.5) is 0 Å². The van der Waals surface area contributed by atoms with Gasteiger partial charge in [-0.15, -0.1) is 11.3 Å². The fourth-order valence-electron chi connectivity index (χ4n) is 2.81. The van der Waals surface area contributed by atoms with Crippen molar-refractivity contribution < 1.29 is 4.74 Å². The van der Waals surface area contributed by atoms with Gasteiger partial charge in [-0.05, 0) is 24.7 Å². The van der Waals surface area contributed by atoms with Crippen LogP contribution in [0, 0.1) is 5.41 Å². The molecule has 96 valence electrons. The summed E-state index contributed by atoms with van der Waals surface area (Å²) in [7, 11) is 1.75. The van der Waals surface area contributed by atoms with Crippen molar-refractivity contribution in [2.45, 2.75) is 38.6 Å². The normalized spacial score (nSPS) is 27.5. The molecule has 0 amide bonds. The van der Waals surface area contributed by atoms with Crippen LogP contribution in [0.2, 0.25) is 0 Å². The first-order valence-corrected chi connectivity index (χ1v) is 7.10. The third-order valence-electron chi connectivity index (χ3n) is 3.62. The van der Waals surface area contributed by atoms with E-state index in [1.807, 2.05) is 6.20 Å². The zero-order valence-corrected chi connectivity index (χ0v) is 11.8. The smallest absolute Gasteiger partial charge is 0.113 e. The predicted molar refractivity (Wildman–Crippen MR) is 71.3 cm³/mol. The lowest BCUT2D eigenvalue weighted by molar-refractivity contribution is 0.180. The number of ether oxygens (including phenoxy) is 1. The molecule has 0 radical (unpaired) electrons. The van der Waals surface area contributed by atoms with E-state index in [4.69, 9.17) is 4.74 Å². The third-order valence-corrected chi connectivity index (χ3v) is 4.60. The SMILES string of the molecule is COCCNC1(c2nccs2)CCC(C)(C)C1. The summed E-state index contributed by atoms with van der Waals surface area (Å²) in [5.41, 5.74) is 0.488. The lowest BCUT2D eigenvalue weighted by Gasteiger charge is -2.30. The standard InChI is InChI=1S/C13H22N2OS/c1-12(2)4-5-13(10-12,15-6-8-16-3)11-14-7-9-17-11/h7,9,15H,4-6,8,10H2,1-3H3. The quantitative estimate of drug-likeness (QED) is 0.820. The number of aromatic nitrogens is 1. The van der Waals surface area contributed by atoms with E-state index in [-0.39, 0.29) is 5.54 Å². The lowest BCUT2D eigenvalue weighted by Crippen LogP contribution is -2.42. The molecule has 0 bridgehead atoms. The number of hydrogen-bond acceptors (Lipinski definition) is 4. The molecular weight excluding hydrogens is 232 g/mol. The van der Waals surface area contributed by atoms with E-state index in [0.29, 0.717) is 5.41 Å². The molecule has 1 aromatic rings. The Kier molecular flexibility index (Phi) is 3.85. The highest BCUT2D eigenvalue weighted by molar-refractivity contribution is 7.09. The predicted octanol–water partition coefficient (Wildman–Crippen LogP) is 2.78. The fraction of sp³-hybridized carbons (Fsp3) is 0.769. The summed E-state index contributed by atoms with van der Waals surface area (Å²) in [5, 5.41) is 6.98. The van der Waals surface area contributed by atoms with Crippen molar-refractivity contribution in [2.75, 3.05) is 20.3 Å². The van der Waals surface area contributed by atoms with Crippen LogP contribution >= 0.6 is 11.3 Å². The second-order valence-corrected chi connectivity index (χ2v) is 6.57. The zero-order chi connectivity index (χ0) is 12.4. The summed E-state index contributed by atoms with van der Waals surface area (Å²) >= 11 is 1.76. The van der Waals surface area contributed by atoms with Gasteiger partial charge in [-0.2, -0.15) is 0 Å². The Labute approximate surface area is 108 Å². The van der Waals surface area contributed by atoms with Crippen LogP contribution in [-0.2, 0) is 10.3 Å². The average Bonchev–Trinajstić information content (AvgIpc) is 2.87. The molecule has 2 rings (SSSR count). The second kappa shape index (κ2) is 5.04. The molecule has 1 atom stereocenters. The molecule has 1 heterocycles. The molecule has 1 fully saturated rings. The van der Waals surface area contributed by atoms with Crippen molar-refractivity contribution in [2.24, 2.45) is 5.41 Å². The molecule has 1 aliphatic rings. The van der Waals surface area contributed by atoms with E-state index in [0.717, 1.165) is 19.6 Å². The first-order valence-electron chi connectivity index (χ1n) is 6.22. The van der Waals surface area contributed by atoms with E-state index in [1.165, 1.54) is 17.8 Å². The largest absolute Gasteiger partial charge is 0.383 e. The molecule has 0 saturated heterocycles. The molecule has 1 saturated carbocycles. The van der Waals surface area contributed by atoms with Gasteiger partial charge in [0.15, 0.2) is 0 Å². The monoisotopic (exact) mass is 254 g/mol. The van der Waals surface area contributed by atoms with Crippen molar-refractivity contribution in [3.05, 3.63) is 16.6 Å². The summed E-state index contributed by atoms with van der Waals surface area (Å²) in [6, 6.07) is 0. The van der Waals surface area contributed by atoms with Crippen molar-refractivity contribution in [1.82, 2.24) is 10.3 Å². The van der Waals surface area contributed by atoms with Crippen LogP contribution in [-0.4, -0.2) is 25.2 Å². The molecule has 0 aromatic carbocycles. The first kappa shape index (κ1) is 13.0. The number of methoxy groups -OCH3 is 1. The Bertz CT molecular complexity index is 350. The maximum atomic E-state index is 5.14. The molecule has 1 N–H and O–H groups in total. The molecule has 3 nitrogen and oxygen atoms in total. The second-order valence-electron chi connectivity index (χ2n) is 5.68. The summed E-state index contributed by atoms with van der Waals surface area (Å²) < 4.78 is 5.14. The minimum Gasteiger partial charge on any atom is -0.383 e. The average molecular weight is 254 g/mol. The Morgan fingerprint density at radius 1 is 1.47 bits per heavy atom. The highest BCUT2D eigenvalue weighted by Crippen LogP contribution is 2.49. The fourth-order valence-corrected chi connectivity index (χ4v) is 3.65. The Hall–Kier alpha value is -0.450. The van der Waals surface area contributed by atoms with Crippen molar-refractivity contribution >= 4 is 11.3 Å². The van der Waals surface area contributed by atoms with Gasteiger partial charge in [0.05, 0.1) is 12.1 Å². The van der Waals surface area contributed by atoms with Gasteiger partial charge in [-0.3, -0.25) is 0 Å². The van der Waals surface area contributed by atoms with Gasteiger partial charge in [0, 0.05) is 25.2 Å². The maximum Gasteiger partial charge on any atom is 0.113 e. The first-order chi connectivity index (χ1) is 8.08. The van der Waals surface area contributed by atoms with Gasteiger partial charge in [0.2, 0.25) is 0 Å². The van der Waals surface area contributed by atoms with E-state index in [2.05, 4.69) is 29.5 Å². The molecule has 17 heavy (non-hydrogen) atoms. The van der Waals surface area contributed by atoms with Gasteiger partial charge in [-0.1, -0.05) is 13.8 Å². The number of nitrogens with one attached hydrogen (secondary N) is 1. The van der Waals surface area contributed by atoms with Gasteiger partial charge >= 0.3 is 0 Å².